The van der Waals surface area contributed by atoms with Crippen LogP contribution in [0.2, 0.25) is 0 Å². The van der Waals surface area contributed by atoms with Gasteiger partial charge >= 0.3 is 12.0 Å². The van der Waals surface area contributed by atoms with Gasteiger partial charge in [0.15, 0.2) is 0 Å². The Bertz CT molecular complexity index is 545. The Morgan fingerprint density at radius 3 is 2.67 bits per heavy atom. The first-order valence-electron chi connectivity index (χ1n) is 6.68. The van der Waals surface area contributed by atoms with E-state index < -0.39 is 11.8 Å². The van der Waals surface area contributed by atoms with Gasteiger partial charge in [0.25, 0.3) is 0 Å². The Hall–Kier alpha value is -1.63. The lowest BCUT2D eigenvalue weighted by Crippen LogP contribution is -2.41. The van der Waals surface area contributed by atoms with Crippen LogP contribution in [-0.4, -0.2) is 35.1 Å². The highest BCUT2D eigenvalue weighted by molar-refractivity contribution is 9.10. The zero-order chi connectivity index (χ0) is 15.4. The third-order valence-corrected chi connectivity index (χ3v) is 4.03. The molecule has 0 unspecified atom stereocenters. The smallest absolute Gasteiger partial charge is 0.321 e. The third kappa shape index (κ3) is 4.42. The average molecular weight is 359 g/mol. The number of halogens is 2. The summed E-state index contributed by atoms with van der Waals surface area (Å²) in [6.45, 7) is 0.971. The molecule has 1 aromatic rings. The maximum absolute atomic E-state index is 13.6. The summed E-state index contributed by atoms with van der Waals surface area (Å²) in [5.41, 5.74) is 0.127. The lowest BCUT2D eigenvalue weighted by atomic mass is 9.94. The van der Waals surface area contributed by atoms with Crippen LogP contribution in [0.15, 0.2) is 22.7 Å². The molecular formula is C14H16BrFN2O3. The molecule has 21 heavy (non-hydrogen) atoms. The van der Waals surface area contributed by atoms with Crippen LogP contribution < -0.4 is 5.32 Å². The van der Waals surface area contributed by atoms with E-state index in [9.17, 15) is 14.0 Å². The molecule has 2 amide bonds. The number of aliphatic carboxylic acids is 1. The predicted octanol–water partition coefficient (Wildman–Crippen LogP) is 3.31. The Labute approximate surface area is 130 Å². The van der Waals surface area contributed by atoms with Crippen molar-refractivity contribution in [3.8, 4) is 0 Å². The van der Waals surface area contributed by atoms with Gasteiger partial charge in [0.05, 0.1) is 5.69 Å². The zero-order valence-electron chi connectivity index (χ0n) is 11.3. The van der Waals surface area contributed by atoms with Crippen LogP contribution in [0.5, 0.6) is 0 Å². The number of urea groups is 1. The normalized spacial score (nSPS) is 15.8. The van der Waals surface area contributed by atoms with Gasteiger partial charge in [-0.05, 0) is 37.0 Å². The topological polar surface area (TPSA) is 69.6 Å². The lowest BCUT2D eigenvalue weighted by Gasteiger charge is -2.31. The minimum absolute atomic E-state index is 0.106. The van der Waals surface area contributed by atoms with Gasteiger partial charge < -0.3 is 15.3 Å². The Kier molecular flexibility index (Phi) is 5.17. The number of amides is 2. The zero-order valence-corrected chi connectivity index (χ0v) is 12.9. The highest BCUT2D eigenvalue weighted by atomic mass is 79.9. The first-order chi connectivity index (χ1) is 9.95. The van der Waals surface area contributed by atoms with Gasteiger partial charge in [-0.1, -0.05) is 15.9 Å². The van der Waals surface area contributed by atoms with Crippen LogP contribution in [-0.2, 0) is 4.79 Å². The van der Waals surface area contributed by atoms with E-state index in [0.717, 1.165) is 0 Å². The van der Waals surface area contributed by atoms with E-state index in [1.54, 1.807) is 11.0 Å². The van der Waals surface area contributed by atoms with Gasteiger partial charge in [0, 0.05) is 24.0 Å². The van der Waals surface area contributed by atoms with E-state index in [2.05, 4.69) is 21.2 Å². The summed E-state index contributed by atoms with van der Waals surface area (Å²) in [6.07, 6.45) is 1.44. The number of carbonyl (C=O) groups excluding carboxylic acids is 1. The monoisotopic (exact) mass is 358 g/mol. The second kappa shape index (κ2) is 6.89. The quantitative estimate of drug-likeness (QED) is 0.870. The first kappa shape index (κ1) is 15.8. The number of likely N-dealkylation sites (tertiary alicyclic amines) is 1. The molecular weight excluding hydrogens is 343 g/mol. The summed E-state index contributed by atoms with van der Waals surface area (Å²) in [4.78, 5) is 24.3. The number of anilines is 1. The number of piperidine rings is 1. The van der Waals surface area contributed by atoms with Crippen molar-refractivity contribution in [2.75, 3.05) is 18.4 Å². The molecule has 2 rings (SSSR count). The van der Waals surface area contributed by atoms with Gasteiger partial charge in [0.2, 0.25) is 0 Å². The van der Waals surface area contributed by atoms with Gasteiger partial charge in [-0.25, -0.2) is 9.18 Å². The van der Waals surface area contributed by atoms with Crippen LogP contribution in [0, 0.1) is 11.7 Å². The SMILES string of the molecule is O=C(O)CC1CCN(C(=O)Nc2cc(Br)ccc2F)CC1. The summed E-state index contributed by atoms with van der Waals surface area (Å²) in [5.74, 6) is -1.20. The Balaban J connectivity index is 1.90. The van der Waals surface area contributed by atoms with Crippen molar-refractivity contribution in [1.29, 1.82) is 0 Å². The van der Waals surface area contributed by atoms with Gasteiger partial charge in [0.1, 0.15) is 5.82 Å². The van der Waals surface area contributed by atoms with E-state index in [0.29, 0.717) is 30.4 Å². The van der Waals surface area contributed by atoms with E-state index in [-0.39, 0.29) is 24.1 Å². The maximum Gasteiger partial charge on any atom is 0.321 e. The standard InChI is InChI=1S/C14H16BrFN2O3/c15-10-1-2-11(16)12(8-10)17-14(21)18-5-3-9(4-6-18)7-13(19)20/h1-2,8-9H,3-7H2,(H,17,21)(H,19,20). The Morgan fingerprint density at radius 1 is 1.38 bits per heavy atom. The average Bonchev–Trinajstić information content (AvgIpc) is 2.43. The number of nitrogens with one attached hydrogen (secondary N) is 1. The molecule has 1 aliphatic heterocycles. The molecule has 1 aliphatic rings. The fourth-order valence-electron chi connectivity index (χ4n) is 2.37. The summed E-state index contributed by atoms with van der Waals surface area (Å²) in [7, 11) is 0. The van der Waals surface area contributed by atoms with E-state index in [4.69, 9.17) is 5.11 Å². The molecule has 0 atom stereocenters. The van der Waals surface area contributed by atoms with Crippen molar-refractivity contribution in [2.24, 2.45) is 5.92 Å². The number of rotatable bonds is 3. The second-order valence-electron chi connectivity index (χ2n) is 5.08. The van der Waals surface area contributed by atoms with Crippen LogP contribution in [0.4, 0.5) is 14.9 Å². The van der Waals surface area contributed by atoms with E-state index in [1.165, 1.54) is 12.1 Å². The number of hydrogen-bond acceptors (Lipinski definition) is 2. The fourth-order valence-corrected chi connectivity index (χ4v) is 2.74. The van der Waals surface area contributed by atoms with Gasteiger partial charge in [-0.2, -0.15) is 0 Å². The van der Waals surface area contributed by atoms with Gasteiger partial charge in [-0.15, -0.1) is 0 Å². The molecule has 1 fully saturated rings. The third-order valence-electron chi connectivity index (χ3n) is 3.54. The summed E-state index contributed by atoms with van der Waals surface area (Å²) in [6, 6.07) is 3.98. The van der Waals surface area contributed by atoms with Crippen molar-refractivity contribution < 1.29 is 19.1 Å². The molecule has 0 bridgehead atoms. The predicted molar refractivity (Wildman–Crippen MR) is 79.7 cm³/mol. The largest absolute Gasteiger partial charge is 0.481 e. The van der Waals surface area contributed by atoms with Crippen LogP contribution in [0.3, 0.4) is 0 Å². The van der Waals surface area contributed by atoms with Gasteiger partial charge in [-0.3, -0.25) is 4.79 Å². The summed E-state index contributed by atoms with van der Waals surface area (Å²) >= 11 is 3.23. The number of benzene rings is 1. The van der Waals surface area contributed by atoms with E-state index >= 15 is 0 Å². The molecule has 0 spiro atoms. The molecule has 2 N–H and O–H groups in total. The van der Waals surface area contributed by atoms with Crippen LogP contribution in [0.1, 0.15) is 19.3 Å². The van der Waals surface area contributed by atoms with Crippen molar-refractivity contribution in [3.63, 3.8) is 0 Å². The molecule has 5 nitrogen and oxygen atoms in total. The highest BCUT2D eigenvalue weighted by Crippen LogP contribution is 2.23. The summed E-state index contributed by atoms with van der Waals surface area (Å²) in [5, 5.41) is 11.3. The second-order valence-corrected chi connectivity index (χ2v) is 6.00. The molecule has 0 saturated carbocycles. The molecule has 0 radical (unpaired) electrons. The first-order valence-corrected chi connectivity index (χ1v) is 7.48. The number of carboxylic acid groups (broad SMARTS) is 1. The van der Waals surface area contributed by atoms with Crippen molar-refractivity contribution in [3.05, 3.63) is 28.5 Å². The van der Waals surface area contributed by atoms with Crippen molar-refractivity contribution in [1.82, 2.24) is 4.90 Å². The van der Waals surface area contributed by atoms with Crippen LogP contribution in [0.25, 0.3) is 0 Å². The molecule has 1 heterocycles. The van der Waals surface area contributed by atoms with E-state index in [1.807, 2.05) is 0 Å². The van der Waals surface area contributed by atoms with Crippen molar-refractivity contribution in [2.45, 2.75) is 19.3 Å². The lowest BCUT2D eigenvalue weighted by molar-refractivity contribution is -0.138. The minimum atomic E-state index is -0.811. The molecule has 1 aromatic carbocycles. The molecule has 0 aromatic heterocycles. The molecule has 1 saturated heterocycles. The highest BCUT2D eigenvalue weighted by Gasteiger charge is 2.24. The number of hydrogen-bond donors (Lipinski definition) is 2. The number of nitrogens with zero attached hydrogens (tertiary/aromatic N) is 1. The Morgan fingerprint density at radius 2 is 2.05 bits per heavy atom. The number of carbonyl (C=O) groups is 2. The number of carboxylic acids is 1. The minimum Gasteiger partial charge on any atom is -0.481 e. The molecule has 7 heteroatoms. The fraction of sp³-hybridized carbons (Fsp3) is 0.429. The molecule has 114 valence electrons. The maximum atomic E-state index is 13.6. The van der Waals surface area contributed by atoms with Crippen molar-refractivity contribution >= 4 is 33.6 Å². The molecule has 0 aliphatic carbocycles. The van der Waals surface area contributed by atoms with Crippen LogP contribution >= 0.6 is 15.9 Å². The summed E-state index contributed by atoms with van der Waals surface area (Å²) < 4.78 is 14.3.